The van der Waals surface area contributed by atoms with Crippen molar-refractivity contribution in [2.75, 3.05) is 6.54 Å². The predicted octanol–water partition coefficient (Wildman–Crippen LogP) is 9.71. The van der Waals surface area contributed by atoms with Gasteiger partial charge in [0.25, 0.3) is 0 Å². The Morgan fingerprint density at radius 1 is 0.560 bits per heavy atom. The summed E-state index contributed by atoms with van der Waals surface area (Å²) in [5.74, 6) is -2.46. The quantitative estimate of drug-likeness (QED) is 0.0371. The standard InChI is InChI=1S/C41H78N2O7/c1-4-6-8-10-12-14-16-18-20-22-24-26-28-30-36(34-38(46)42-33-32-37(45)43-40(35(3)44)41(48)49)50-39(47)31-29-27-25-23-21-19-17-15-13-11-9-7-5-2/h35-36,40,44H,4-34H2,1-3H3,(H,42,46)(H,43,45)(H,48,49)/t35-,36?,40+/m1/s1. The van der Waals surface area contributed by atoms with Crippen LogP contribution in [0, 0.1) is 0 Å². The Kier molecular flexibility index (Phi) is 33.7. The second-order valence-corrected chi connectivity index (χ2v) is 14.6. The van der Waals surface area contributed by atoms with Crippen LogP contribution in [0.15, 0.2) is 0 Å². The van der Waals surface area contributed by atoms with Crippen LogP contribution in [0.4, 0.5) is 0 Å². The molecular weight excluding hydrogens is 632 g/mol. The van der Waals surface area contributed by atoms with E-state index in [-0.39, 0.29) is 31.3 Å². The molecule has 0 saturated carbocycles. The fraction of sp³-hybridized carbons (Fsp3) is 0.902. The Hall–Kier alpha value is -2.16. The van der Waals surface area contributed by atoms with E-state index in [0.717, 1.165) is 38.5 Å². The van der Waals surface area contributed by atoms with Crippen LogP contribution in [-0.4, -0.2) is 58.8 Å². The van der Waals surface area contributed by atoms with Crippen LogP contribution in [0.25, 0.3) is 0 Å². The first-order valence-corrected chi connectivity index (χ1v) is 20.9. The van der Waals surface area contributed by atoms with Crippen LogP contribution in [0.2, 0.25) is 0 Å². The average Bonchev–Trinajstić information content (AvgIpc) is 3.07. The van der Waals surface area contributed by atoms with Crippen LogP contribution in [-0.2, 0) is 23.9 Å². The van der Waals surface area contributed by atoms with Crippen LogP contribution in [0.5, 0.6) is 0 Å². The average molecular weight is 711 g/mol. The second kappa shape index (κ2) is 35.3. The normalized spacial score (nSPS) is 13.0. The Bertz CT molecular complexity index is 836. The van der Waals surface area contributed by atoms with Gasteiger partial charge in [0.1, 0.15) is 6.10 Å². The molecule has 0 radical (unpaired) electrons. The lowest BCUT2D eigenvalue weighted by molar-refractivity contribution is -0.151. The molecule has 0 spiro atoms. The number of aliphatic hydroxyl groups excluding tert-OH is 1. The molecular formula is C41H78N2O7. The van der Waals surface area contributed by atoms with Crippen LogP contribution < -0.4 is 10.6 Å². The van der Waals surface area contributed by atoms with Gasteiger partial charge in [-0.1, -0.05) is 168 Å². The molecule has 0 aromatic heterocycles. The molecule has 9 heteroatoms. The predicted molar refractivity (Wildman–Crippen MR) is 204 cm³/mol. The van der Waals surface area contributed by atoms with E-state index in [4.69, 9.17) is 9.84 Å². The fourth-order valence-corrected chi connectivity index (χ4v) is 6.35. The number of hydrogen-bond donors (Lipinski definition) is 4. The number of unbranched alkanes of at least 4 members (excludes halogenated alkanes) is 24. The molecule has 9 nitrogen and oxygen atoms in total. The SMILES string of the molecule is CCCCCCCCCCCCCCCC(=O)OC(CCCCCCCCCCCCCCC)CC(=O)NCCC(=O)N[C@H](C(=O)O)[C@@H](C)O. The van der Waals surface area contributed by atoms with Crippen molar-refractivity contribution < 1.29 is 34.1 Å². The highest BCUT2D eigenvalue weighted by Gasteiger charge is 2.25. The van der Waals surface area contributed by atoms with Crippen molar-refractivity contribution in [1.82, 2.24) is 10.6 Å². The summed E-state index contributed by atoms with van der Waals surface area (Å²) >= 11 is 0. The van der Waals surface area contributed by atoms with E-state index >= 15 is 0 Å². The van der Waals surface area contributed by atoms with Gasteiger partial charge in [-0.15, -0.1) is 0 Å². The molecule has 0 aromatic carbocycles. The number of rotatable bonds is 37. The first kappa shape index (κ1) is 47.8. The van der Waals surface area contributed by atoms with Gasteiger partial charge in [-0.25, -0.2) is 4.79 Å². The summed E-state index contributed by atoms with van der Waals surface area (Å²) in [6.45, 7) is 5.82. The number of aliphatic hydroxyl groups is 1. The van der Waals surface area contributed by atoms with Crippen molar-refractivity contribution in [2.45, 2.75) is 232 Å². The highest BCUT2D eigenvalue weighted by molar-refractivity contribution is 5.84. The van der Waals surface area contributed by atoms with Gasteiger partial charge < -0.3 is 25.6 Å². The minimum absolute atomic E-state index is 0.0230. The van der Waals surface area contributed by atoms with Gasteiger partial charge in [-0.05, 0) is 26.2 Å². The number of amides is 2. The largest absolute Gasteiger partial charge is 0.480 e. The molecule has 4 N–H and O–H groups in total. The molecule has 0 aliphatic rings. The van der Waals surface area contributed by atoms with E-state index < -0.39 is 30.1 Å². The van der Waals surface area contributed by atoms with Gasteiger partial charge in [-0.3, -0.25) is 14.4 Å². The monoisotopic (exact) mass is 711 g/mol. The summed E-state index contributed by atoms with van der Waals surface area (Å²) in [6, 6.07) is -1.41. The first-order chi connectivity index (χ1) is 24.2. The van der Waals surface area contributed by atoms with E-state index in [1.165, 1.54) is 135 Å². The molecule has 0 bridgehead atoms. The molecule has 0 heterocycles. The highest BCUT2D eigenvalue weighted by Crippen LogP contribution is 2.17. The molecule has 1 unspecified atom stereocenters. The molecule has 50 heavy (non-hydrogen) atoms. The number of ether oxygens (including phenoxy) is 1. The van der Waals surface area contributed by atoms with Crippen molar-refractivity contribution in [3.05, 3.63) is 0 Å². The van der Waals surface area contributed by atoms with Crippen molar-refractivity contribution in [3.8, 4) is 0 Å². The number of aliphatic carboxylic acids is 1. The van der Waals surface area contributed by atoms with Gasteiger partial charge in [-0.2, -0.15) is 0 Å². The zero-order valence-electron chi connectivity index (χ0n) is 32.6. The van der Waals surface area contributed by atoms with Crippen molar-refractivity contribution >= 4 is 23.8 Å². The summed E-state index contributed by atoms with van der Waals surface area (Å²) in [6.07, 6.45) is 31.5. The van der Waals surface area contributed by atoms with Crippen LogP contribution in [0.1, 0.15) is 213 Å². The van der Waals surface area contributed by atoms with Gasteiger partial charge in [0.15, 0.2) is 6.04 Å². The number of hydrogen-bond acceptors (Lipinski definition) is 6. The van der Waals surface area contributed by atoms with E-state index in [2.05, 4.69) is 24.5 Å². The number of carbonyl (C=O) groups excluding carboxylic acids is 3. The molecule has 3 atom stereocenters. The molecule has 0 saturated heterocycles. The molecule has 0 fully saturated rings. The van der Waals surface area contributed by atoms with Gasteiger partial charge >= 0.3 is 11.9 Å². The van der Waals surface area contributed by atoms with E-state index in [1.807, 2.05) is 0 Å². The number of carbonyl (C=O) groups is 4. The Morgan fingerprint density at radius 2 is 0.960 bits per heavy atom. The number of nitrogens with one attached hydrogen (secondary N) is 2. The molecule has 0 rings (SSSR count). The molecule has 2 amide bonds. The fourth-order valence-electron chi connectivity index (χ4n) is 6.35. The Labute approximate surface area is 306 Å². The van der Waals surface area contributed by atoms with Crippen molar-refractivity contribution in [1.29, 1.82) is 0 Å². The number of carboxylic acids is 1. The summed E-state index contributed by atoms with van der Waals surface area (Å²) in [4.78, 5) is 48.7. The lowest BCUT2D eigenvalue weighted by Gasteiger charge is -2.19. The molecule has 0 aliphatic heterocycles. The summed E-state index contributed by atoms with van der Waals surface area (Å²) < 4.78 is 5.80. The van der Waals surface area contributed by atoms with Crippen molar-refractivity contribution in [3.63, 3.8) is 0 Å². The lowest BCUT2D eigenvalue weighted by atomic mass is 10.0. The highest BCUT2D eigenvalue weighted by atomic mass is 16.5. The number of esters is 1. The zero-order valence-corrected chi connectivity index (χ0v) is 32.6. The van der Waals surface area contributed by atoms with Crippen LogP contribution >= 0.6 is 0 Å². The maximum absolute atomic E-state index is 12.7. The third kappa shape index (κ3) is 31.8. The summed E-state index contributed by atoms with van der Waals surface area (Å²) in [5.41, 5.74) is 0. The maximum atomic E-state index is 12.7. The molecule has 294 valence electrons. The summed E-state index contributed by atoms with van der Waals surface area (Å²) in [5, 5.41) is 23.7. The van der Waals surface area contributed by atoms with E-state index in [0.29, 0.717) is 12.8 Å². The van der Waals surface area contributed by atoms with Crippen LogP contribution in [0.3, 0.4) is 0 Å². The molecule has 0 aliphatic carbocycles. The second-order valence-electron chi connectivity index (χ2n) is 14.6. The van der Waals surface area contributed by atoms with Gasteiger partial charge in [0.2, 0.25) is 11.8 Å². The third-order valence-electron chi connectivity index (χ3n) is 9.56. The van der Waals surface area contributed by atoms with Gasteiger partial charge in [0.05, 0.1) is 12.5 Å². The van der Waals surface area contributed by atoms with Gasteiger partial charge in [0, 0.05) is 19.4 Å². The topological polar surface area (TPSA) is 142 Å². The minimum atomic E-state index is -1.41. The lowest BCUT2D eigenvalue weighted by Crippen LogP contribution is -2.48. The maximum Gasteiger partial charge on any atom is 0.328 e. The first-order valence-electron chi connectivity index (χ1n) is 20.9. The summed E-state index contributed by atoms with van der Waals surface area (Å²) in [7, 11) is 0. The van der Waals surface area contributed by atoms with E-state index in [1.54, 1.807) is 0 Å². The molecule has 0 aromatic rings. The smallest absolute Gasteiger partial charge is 0.328 e. The number of carboxylic acid groups (broad SMARTS) is 1. The van der Waals surface area contributed by atoms with Crippen molar-refractivity contribution in [2.24, 2.45) is 0 Å². The Balaban J connectivity index is 4.43. The Morgan fingerprint density at radius 3 is 1.36 bits per heavy atom. The minimum Gasteiger partial charge on any atom is -0.480 e. The zero-order chi connectivity index (χ0) is 37.1. The third-order valence-corrected chi connectivity index (χ3v) is 9.56. The van der Waals surface area contributed by atoms with E-state index in [9.17, 15) is 24.3 Å².